The first kappa shape index (κ1) is 14.7. The fourth-order valence-electron chi connectivity index (χ4n) is 2.96. The first-order chi connectivity index (χ1) is 10.7. The van der Waals surface area contributed by atoms with E-state index in [-0.39, 0.29) is 18.3 Å². The molecule has 0 spiro atoms. The number of nitrogens with zero attached hydrogens (tertiary/aromatic N) is 2. The zero-order valence-corrected chi connectivity index (χ0v) is 12.1. The Morgan fingerprint density at radius 1 is 1.32 bits per heavy atom. The Balaban J connectivity index is 1.81. The van der Waals surface area contributed by atoms with E-state index in [4.69, 9.17) is 4.42 Å². The van der Waals surface area contributed by atoms with E-state index in [1.165, 1.54) is 6.07 Å². The van der Waals surface area contributed by atoms with Crippen LogP contribution in [0.15, 0.2) is 40.8 Å². The topological polar surface area (TPSA) is 79.8 Å². The molecule has 1 atom stereocenters. The highest BCUT2D eigenvalue weighted by Crippen LogP contribution is 2.31. The molecule has 0 radical (unpaired) electrons. The quantitative estimate of drug-likeness (QED) is 0.678. The minimum absolute atomic E-state index is 0.0396. The summed E-state index contributed by atoms with van der Waals surface area (Å²) in [7, 11) is 0. The summed E-state index contributed by atoms with van der Waals surface area (Å²) in [4.78, 5) is 12.9. The van der Waals surface area contributed by atoms with Crippen molar-refractivity contribution < 1.29 is 14.4 Å². The summed E-state index contributed by atoms with van der Waals surface area (Å²) in [6.45, 7) is 1.70. The summed E-state index contributed by atoms with van der Waals surface area (Å²) in [5.41, 5.74) is 0.525. The molecule has 3 rings (SSSR count). The number of furan rings is 1. The zero-order chi connectivity index (χ0) is 15.5. The normalized spacial score (nSPS) is 18.7. The largest absolute Gasteiger partial charge is 0.459 e. The van der Waals surface area contributed by atoms with E-state index in [9.17, 15) is 15.2 Å². The first-order valence-electron chi connectivity index (χ1n) is 7.36. The van der Waals surface area contributed by atoms with Gasteiger partial charge in [-0.3, -0.25) is 15.0 Å². The van der Waals surface area contributed by atoms with Gasteiger partial charge in [0.05, 0.1) is 23.6 Å². The van der Waals surface area contributed by atoms with E-state index in [1.54, 1.807) is 24.3 Å². The molecule has 0 bridgehead atoms. The Hall–Kier alpha value is -2.18. The molecule has 0 saturated carbocycles. The average Bonchev–Trinajstić information content (AvgIpc) is 3.16. The molecule has 0 unspecified atom stereocenters. The lowest BCUT2D eigenvalue weighted by Gasteiger charge is -2.21. The Bertz CT molecular complexity index is 668. The van der Waals surface area contributed by atoms with Crippen molar-refractivity contribution in [2.45, 2.75) is 25.4 Å². The molecule has 0 amide bonds. The molecule has 6 heteroatoms. The number of aliphatic hydroxyl groups excluding tert-OH is 1. The molecule has 6 nitrogen and oxygen atoms in total. The highest BCUT2D eigenvalue weighted by atomic mass is 16.6. The third kappa shape index (κ3) is 2.88. The maximum atomic E-state index is 11.1. The maximum Gasteiger partial charge on any atom is 0.280 e. The Morgan fingerprint density at radius 3 is 2.91 bits per heavy atom. The van der Waals surface area contributed by atoms with Crippen LogP contribution in [0.25, 0.3) is 11.3 Å². The molecule has 22 heavy (non-hydrogen) atoms. The summed E-state index contributed by atoms with van der Waals surface area (Å²) in [5.74, 6) is 1.26. The van der Waals surface area contributed by atoms with Gasteiger partial charge in [0, 0.05) is 12.1 Å². The van der Waals surface area contributed by atoms with Crippen LogP contribution in [-0.4, -0.2) is 34.1 Å². The van der Waals surface area contributed by atoms with Crippen molar-refractivity contribution in [3.05, 3.63) is 52.3 Å². The summed E-state index contributed by atoms with van der Waals surface area (Å²) >= 11 is 0. The van der Waals surface area contributed by atoms with Crippen molar-refractivity contribution in [1.82, 2.24) is 4.90 Å². The maximum absolute atomic E-state index is 11.1. The Kier molecular flexibility index (Phi) is 4.22. The van der Waals surface area contributed by atoms with Crippen LogP contribution < -0.4 is 0 Å². The van der Waals surface area contributed by atoms with Gasteiger partial charge in [-0.05, 0) is 37.6 Å². The van der Waals surface area contributed by atoms with E-state index in [0.717, 1.165) is 25.1 Å². The smallest absolute Gasteiger partial charge is 0.280 e. The molecule has 2 aromatic rings. The van der Waals surface area contributed by atoms with Crippen molar-refractivity contribution >= 4 is 5.69 Å². The molecule has 2 heterocycles. The van der Waals surface area contributed by atoms with Crippen molar-refractivity contribution in [1.29, 1.82) is 0 Å². The van der Waals surface area contributed by atoms with Crippen LogP contribution in [0.3, 0.4) is 0 Å². The molecular formula is C16H18N2O4. The third-order valence-electron chi connectivity index (χ3n) is 4.10. The van der Waals surface area contributed by atoms with Gasteiger partial charge in [0.25, 0.3) is 5.69 Å². The molecule has 1 fully saturated rings. The number of benzene rings is 1. The van der Waals surface area contributed by atoms with Crippen LogP contribution in [-0.2, 0) is 6.54 Å². The van der Waals surface area contributed by atoms with E-state index < -0.39 is 4.92 Å². The van der Waals surface area contributed by atoms with E-state index in [0.29, 0.717) is 17.9 Å². The molecule has 1 aliphatic rings. The van der Waals surface area contributed by atoms with Gasteiger partial charge in [-0.2, -0.15) is 0 Å². The predicted molar refractivity (Wildman–Crippen MR) is 81.3 cm³/mol. The van der Waals surface area contributed by atoms with Crippen LogP contribution in [0.4, 0.5) is 5.69 Å². The third-order valence-corrected chi connectivity index (χ3v) is 4.10. The van der Waals surface area contributed by atoms with Gasteiger partial charge in [0.15, 0.2) is 0 Å². The molecule has 1 aliphatic heterocycles. The van der Waals surface area contributed by atoms with Crippen LogP contribution in [0, 0.1) is 10.1 Å². The summed E-state index contributed by atoms with van der Waals surface area (Å²) in [6, 6.07) is 10.3. The lowest BCUT2D eigenvalue weighted by atomic mass is 10.1. The lowest BCUT2D eigenvalue weighted by Crippen LogP contribution is -2.31. The number of likely N-dealkylation sites (tertiary alicyclic amines) is 1. The number of para-hydroxylation sites is 1. The number of nitro groups is 1. The number of nitro benzene ring substituents is 1. The van der Waals surface area contributed by atoms with Crippen LogP contribution in [0.1, 0.15) is 18.6 Å². The summed E-state index contributed by atoms with van der Waals surface area (Å²) < 4.78 is 5.79. The molecule has 1 aromatic carbocycles. The molecule has 116 valence electrons. The summed E-state index contributed by atoms with van der Waals surface area (Å²) in [5, 5.41) is 20.4. The standard InChI is InChI=1S/C16H18N2O4/c19-11-12-4-3-9-17(12)10-13-7-8-16(22-13)14-5-1-2-6-15(14)18(20)21/h1-2,5-8,12,19H,3-4,9-11H2/t12-/m1/s1. The fourth-order valence-corrected chi connectivity index (χ4v) is 2.96. The minimum atomic E-state index is -0.403. The second kappa shape index (κ2) is 6.29. The molecular weight excluding hydrogens is 284 g/mol. The minimum Gasteiger partial charge on any atom is -0.459 e. The Morgan fingerprint density at radius 2 is 2.14 bits per heavy atom. The van der Waals surface area contributed by atoms with Crippen molar-refractivity contribution in [3.8, 4) is 11.3 Å². The number of rotatable bonds is 5. The highest BCUT2D eigenvalue weighted by Gasteiger charge is 2.25. The van der Waals surface area contributed by atoms with Crippen LogP contribution in [0.5, 0.6) is 0 Å². The van der Waals surface area contributed by atoms with Gasteiger partial charge < -0.3 is 9.52 Å². The molecule has 1 N–H and O–H groups in total. The van der Waals surface area contributed by atoms with Crippen molar-refractivity contribution in [2.75, 3.05) is 13.2 Å². The average molecular weight is 302 g/mol. The van der Waals surface area contributed by atoms with E-state index in [1.807, 2.05) is 6.07 Å². The summed E-state index contributed by atoms with van der Waals surface area (Å²) in [6.07, 6.45) is 2.07. The SMILES string of the molecule is O=[N+]([O-])c1ccccc1-c1ccc(CN2CCC[C@@H]2CO)o1. The molecule has 1 aromatic heterocycles. The number of hydrogen-bond acceptors (Lipinski definition) is 5. The van der Waals surface area contributed by atoms with Crippen molar-refractivity contribution in [2.24, 2.45) is 0 Å². The predicted octanol–water partition coefficient (Wildman–Crippen LogP) is 2.81. The number of aliphatic hydroxyl groups is 1. The van der Waals surface area contributed by atoms with Gasteiger partial charge in [-0.25, -0.2) is 0 Å². The van der Waals surface area contributed by atoms with Gasteiger partial charge in [-0.1, -0.05) is 12.1 Å². The fraction of sp³-hybridized carbons (Fsp3) is 0.375. The van der Waals surface area contributed by atoms with E-state index in [2.05, 4.69) is 4.90 Å². The Labute approximate surface area is 128 Å². The highest BCUT2D eigenvalue weighted by molar-refractivity contribution is 5.69. The van der Waals surface area contributed by atoms with Crippen molar-refractivity contribution in [3.63, 3.8) is 0 Å². The van der Waals surface area contributed by atoms with Gasteiger partial charge in [0.1, 0.15) is 11.5 Å². The van der Waals surface area contributed by atoms with Crippen LogP contribution in [0.2, 0.25) is 0 Å². The molecule has 0 aliphatic carbocycles. The van der Waals surface area contributed by atoms with Crippen LogP contribution >= 0.6 is 0 Å². The monoisotopic (exact) mass is 302 g/mol. The van der Waals surface area contributed by atoms with Gasteiger partial charge in [0.2, 0.25) is 0 Å². The van der Waals surface area contributed by atoms with Gasteiger partial charge >= 0.3 is 0 Å². The van der Waals surface area contributed by atoms with E-state index >= 15 is 0 Å². The zero-order valence-electron chi connectivity index (χ0n) is 12.1. The second-order valence-electron chi connectivity index (χ2n) is 5.49. The lowest BCUT2D eigenvalue weighted by molar-refractivity contribution is -0.384. The second-order valence-corrected chi connectivity index (χ2v) is 5.49. The van der Waals surface area contributed by atoms with Gasteiger partial charge in [-0.15, -0.1) is 0 Å². The first-order valence-corrected chi connectivity index (χ1v) is 7.36. The molecule has 1 saturated heterocycles. The number of hydrogen-bond donors (Lipinski definition) is 1.